The molecule has 102 valence electrons. The van der Waals surface area contributed by atoms with Gasteiger partial charge in [0.05, 0.1) is 11.9 Å². The molecule has 0 amide bonds. The molecular weight excluding hydrogens is 266 g/mol. The second-order valence-corrected chi connectivity index (χ2v) is 6.71. The van der Waals surface area contributed by atoms with Gasteiger partial charge in [0.15, 0.2) is 0 Å². The molecule has 1 aliphatic rings. The van der Waals surface area contributed by atoms with Crippen molar-refractivity contribution >= 4 is 21.6 Å². The third-order valence-electron chi connectivity index (χ3n) is 3.05. The first-order valence-electron chi connectivity index (χ1n) is 5.77. The normalized spacial score (nSPS) is 29.7. The number of alkyl halides is 1. The van der Waals surface area contributed by atoms with Crippen molar-refractivity contribution in [2.24, 2.45) is 0 Å². The van der Waals surface area contributed by atoms with Crippen molar-refractivity contribution in [3.8, 4) is 0 Å². The fraction of sp³-hybridized carbons (Fsp3) is 1.00. The number of sulfonamides is 1. The zero-order chi connectivity index (χ0) is 12.9. The highest BCUT2D eigenvalue weighted by Crippen LogP contribution is 2.24. The summed E-state index contributed by atoms with van der Waals surface area (Å²) in [5.74, 6) is 0.509. The lowest BCUT2D eigenvalue weighted by molar-refractivity contribution is -0.0228. The quantitative estimate of drug-likeness (QED) is 0.526. The van der Waals surface area contributed by atoms with Crippen molar-refractivity contribution < 1.29 is 18.3 Å². The van der Waals surface area contributed by atoms with Crippen LogP contribution in [0.15, 0.2) is 0 Å². The number of nitrogens with one attached hydrogen (secondary N) is 1. The van der Waals surface area contributed by atoms with E-state index in [0.717, 1.165) is 0 Å². The molecule has 1 saturated heterocycles. The first-order valence-corrected chi connectivity index (χ1v) is 7.95. The summed E-state index contributed by atoms with van der Waals surface area (Å²) < 4.78 is 30.9. The summed E-state index contributed by atoms with van der Waals surface area (Å²) in [7, 11) is -3.33. The van der Waals surface area contributed by atoms with Crippen LogP contribution in [0.2, 0.25) is 0 Å². The van der Waals surface area contributed by atoms with Gasteiger partial charge in [-0.2, -0.15) is 0 Å². The lowest BCUT2D eigenvalue weighted by Crippen LogP contribution is -2.47. The first kappa shape index (κ1) is 15.2. The van der Waals surface area contributed by atoms with Gasteiger partial charge in [0.1, 0.15) is 5.60 Å². The van der Waals surface area contributed by atoms with Gasteiger partial charge >= 0.3 is 0 Å². The van der Waals surface area contributed by atoms with E-state index >= 15 is 0 Å². The van der Waals surface area contributed by atoms with Crippen LogP contribution in [0.1, 0.15) is 26.2 Å². The van der Waals surface area contributed by atoms with E-state index < -0.39 is 15.6 Å². The molecule has 2 atom stereocenters. The number of aliphatic hydroxyl groups is 1. The maximum Gasteiger partial charge on any atom is 0.211 e. The van der Waals surface area contributed by atoms with Crippen molar-refractivity contribution in [2.45, 2.75) is 37.9 Å². The molecule has 0 aromatic carbocycles. The van der Waals surface area contributed by atoms with Crippen molar-refractivity contribution in [1.82, 2.24) is 4.72 Å². The van der Waals surface area contributed by atoms with E-state index in [-0.39, 0.29) is 18.4 Å². The minimum Gasteiger partial charge on any atom is -0.386 e. The Kier molecular flexibility index (Phi) is 5.66. The summed E-state index contributed by atoms with van der Waals surface area (Å²) in [6.07, 6.45) is 1.32. The molecule has 5 nitrogen and oxygen atoms in total. The zero-order valence-corrected chi connectivity index (χ0v) is 11.6. The van der Waals surface area contributed by atoms with Gasteiger partial charge in [-0.25, -0.2) is 13.1 Å². The van der Waals surface area contributed by atoms with Gasteiger partial charge in [0.2, 0.25) is 10.0 Å². The average Bonchev–Trinajstić information content (AvgIpc) is 2.58. The summed E-state index contributed by atoms with van der Waals surface area (Å²) in [4.78, 5) is 0. The lowest BCUT2D eigenvalue weighted by Gasteiger charge is -2.26. The Morgan fingerprint density at radius 3 is 2.76 bits per heavy atom. The van der Waals surface area contributed by atoms with E-state index in [1.807, 2.05) is 0 Å². The van der Waals surface area contributed by atoms with Crippen LogP contribution in [-0.4, -0.2) is 50.0 Å². The minimum absolute atomic E-state index is 0.0113. The van der Waals surface area contributed by atoms with Crippen LogP contribution in [0.5, 0.6) is 0 Å². The van der Waals surface area contributed by atoms with Crippen molar-refractivity contribution in [1.29, 1.82) is 0 Å². The maximum absolute atomic E-state index is 11.6. The van der Waals surface area contributed by atoms with Crippen molar-refractivity contribution in [3.05, 3.63) is 0 Å². The van der Waals surface area contributed by atoms with Gasteiger partial charge in [-0.3, -0.25) is 0 Å². The molecule has 0 aromatic heterocycles. The molecule has 2 N–H and O–H groups in total. The Labute approximate surface area is 108 Å². The average molecular weight is 286 g/mol. The predicted molar refractivity (Wildman–Crippen MR) is 66.7 cm³/mol. The summed E-state index contributed by atoms with van der Waals surface area (Å²) >= 11 is 5.48. The molecule has 1 fully saturated rings. The standard InChI is InChI=1S/C10H20ClNO4S/c1-9-10(13,4-6-16-9)8-12-17(14,15)7-3-2-5-11/h9,12-13H,2-8H2,1H3. The minimum atomic E-state index is -3.33. The van der Waals surface area contributed by atoms with Crippen LogP contribution in [-0.2, 0) is 14.8 Å². The molecular formula is C10H20ClNO4S. The largest absolute Gasteiger partial charge is 0.386 e. The number of hydrogen-bond donors (Lipinski definition) is 2. The third kappa shape index (κ3) is 4.71. The lowest BCUT2D eigenvalue weighted by atomic mass is 9.97. The van der Waals surface area contributed by atoms with Gasteiger partial charge < -0.3 is 9.84 Å². The van der Waals surface area contributed by atoms with Crippen LogP contribution in [0.3, 0.4) is 0 Å². The number of hydrogen-bond acceptors (Lipinski definition) is 4. The summed E-state index contributed by atoms with van der Waals surface area (Å²) in [6, 6.07) is 0. The van der Waals surface area contributed by atoms with Crippen molar-refractivity contribution in [3.63, 3.8) is 0 Å². The molecule has 0 bridgehead atoms. The number of ether oxygens (including phenoxy) is 1. The number of rotatable bonds is 7. The smallest absolute Gasteiger partial charge is 0.211 e. The molecule has 0 aromatic rings. The molecule has 0 saturated carbocycles. The molecule has 7 heteroatoms. The first-order chi connectivity index (χ1) is 7.90. The monoisotopic (exact) mass is 285 g/mol. The Balaban J connectivity index is 2.38. The van der Waals surface area contributed by atoms with Gasteiger partial charge in [-0.15, -0.1) is 11.6 Å². The summed E-state index contributed by atoms with van der Waals surface area (Å²) in [5, 5.41) is 10.1. The zero-order valence-electron chi connectivity index (χ0n) is 9.99. The van der Waals surface area contributed by atoms with Gasteiger partial charge in [0.25, 0.3) is 0 Å². The highest BCUT2D eigenvalue weighted by atomic mass is 35.5. The van der Waals surface area contributed by atoms with Crippen LogP contribution in [0, 0.1) is 0 Å². The van der Waals surface area contributed by atoms with Crippen LogP contribution in [0.4, 0.5) is 0 Å². The van der Waals surface area contributed by atoms with Crippen LogP contribution >= 0.6 is 11.6 Å². The van der Waals surface area contributed by atoms with Crippen LogP contribution in [0.25, 0.3) is 0 Å². The molecule has 0 aliphatic carbocycles. The Morgan fingerprint density at radius 2 is 2.24 bits per heavy atom. The fourth-order valence-electron chi connectivity index (χ4n) is 1.70. The summed E-state index contributed by atoms with van der Waals surface area (Å²) in [6.45, 7) is 2.22. The molecule has 1 heterocycles. The SMILES string of the molecule is CC1OCCC1(O)CNS(=O)(=O)CCCCCl. The van der Waals surface area contributed by atoms with Gasteiger partial charge in [0, 0.05) is 25.5 Å². The molecule has 0 spiro atoms. The van der Waals surface area contributed by atoms with Gasteiger partial charge in [-0.05, 0) is 19.8 Å². The highest BCUT2D eigenvalue weighted by molar-refractivity contribution is 7.89. The second-order valence-electron chi connectivity index (χ2n) is 4.40. The molecule has 2 unspecified atom stereocenters. The second kappa shape index (κ2) is 6.33. The van der Waals surface area contributed by atoms with E-state index in [1.165, 1.54) is 0 Å². The Morgan fingerprint density at radius 1 is 1.53 bits per heavy atom. The summed E-state index contributed by atoms with van der Waals surface area (Å²) in [5.41, 5.74) is -1.08. The van der Waals surface area contributed by atoms with E-state index in [1.54, 1.807) is 6.92 Å². The topological polar surface area (TPSA) is 75.6 Å². The van der Waals surface area contributed by atoms with Crippen LogP contribution < -0.4 is 4.72 Å². The van der Waals surface area contributed by atoms with E-state index in [4.69, 9.17) is 16.3 Å². The molecule has 0 radical (unpaired) electrons. The van der Waals surface area contributed by atoms with Gasteiger partial charge in [-0.1, -0.05) is 0 Å². The van der Waals surface area contributed by atoms with E-state index in [9.17, 15) is 13.5 Å². The molecule has 1 aliphatic heterocycles. The molecule has 17 heavy (non-hydrogen) atoms. The number of unbranched alkanes of at least 4 members (excludes halogenated alkanes) is 1. The highest BCUT2D eigenvalue weighted by Gasteiger charge is 2.40. The molecule has 1 rings (SSSR count). The maximum atomic E-state index is 11.6. The van der Waals surface area contributed by atoms with Crippen molar-refractivity contribution in [2.75, 3.05) is 24.8 Å². The fourth-order valence-corrected chi connectivity index (χ4v) is 3.08. The third-order valence-corrected chi connectivity index (χ3v) is 4.73. The Bertz CT molecular complexity index is 335. The van der Waals surface area contributed by atoms with E-state index in [0.29, 0.717) is 31.7 Å². The predicted octanol–water partition coefficient (Wildman–Crippen LogP) is 0.465. The Hall–Kier alpha value is 0.120. The van der Waals surface area contributed by atoms with E-state index in [2.05, 4.69) is 4.72 Å². The number of halogens is 1.